The van der Waals surface area contributed by atoms with Crippen LogP contribution in [0, 0.1) is 0 Å². The van der Waals surface area contributed by atoms with Crippen molar-refractivity contribution in [1.29, 1.82) is 0 Å². The lowest BCUT2D eigenvalue weighted by Gasteiger charge is -2.35. The molecule has 3 aliphatic heterocycles. The van der Waals surface area contributed by atoms with E-state index in [0.29, 0.717) is 6.10 Å². The van der Waals surface area contributed by atoms with Crippen LogP contribution >= 0.6 is 0 Å². The lowest BCUT2D eigenvalue weighted by atomic mass is 10.2. The van der Waals surface area contributed by atoms with E-state index < -0.39 is 0 Å². The molecule has 3 fully saturated rings. The summed E-state index contributed by atoms with van der Waals surface area (Å²) in [6, 6.07) is 2.07. The molecule has 0 saturated carbocycles. The van der Waals surface area contributed by atoms with E-state index in [0.717, 1.165) is 70.6 Å². The molecule has 1 aromatic heterocycles. The number of hydrogen-bond acceptors (Lipinski definition) is 6. The summed E-state index contributed by atoms with van der Waals surface area (Å²) in [5, 5.41) is 0. The molecule has 0 aliphatic carbocycles. The van der Waals surface area contributed by atoms with Crippen LogP contribution in [0.2, 0.25) is 0 Å². The van der Waals surface area contributed by atoms with Crippen LogP contribution in [0.3, 0.4) is 0 Å². The number of nitrogens with zero attached hydrogens (tertiary/aromatic N) is 5. The van der Waals surface area contributed by atoms with Gasteiger partial charge in [0.1, 0.15) is 0 Å². The zero-order chi connectivity index (χ0) is 16.2. The average molecular weight is 331 g/mol. The summed E-state index contributed by atoms with van der Waals surface area (Å²) in [5.41, 5.74) is 1.15. The topological polar surface area (TPSA) is 44.7 Å². The van der Waals surface area contributed by atoms with Crippen molar-refractivity contribution in [2.24, 2.45) is 0 Å². The number of hydrogen-bond donors (Lipinski definition) is 0. The van der Waals surface area contributed by atoms with Crippen molar-refractivity contribution in [1.82, 2.24) is 19.8 Å². The molecular formula is C18H29N5O. The monoisotopic (exact) mass is 331 g/mol. The molecule has 0 aromatic carbocycles. The second kappa shape index (κ2) is 7.76. The fraction of sp³-hybridized carbons (Fsp3) is 0.778. The lowest BCUT2D eigenvalue weighted by Crippen LogP contribution is -2.48. The third kappa shape index (κ3) is 4.05. The van der Waals surface area contributed by atoms with Gasteiger partial charge in [-0.1, -0.05) is 0 Å². The van der Waals surface area contributed by atoms with E-state index in [9.17, 15) is 0 Å². The third-order valence-corrected chi connectivity index (χ3v) is 5.43. The Morgan fingerprint density at radius 3 is 2.54 bits per heavy atom. The lowest BCUT2D eigenvalue weighted by molar-refractivity contribution is 0.0487. The van der Waals surface area contributed by atoms with Crippen molar-refractivity contribution in [3.05, 3.63) is 18.0 Å². The molecule has 6 heteroatoms. The number of rotatable bonds is 5. The second-order valence-electron chi connectivity index (χ2n) is 7.25. The number of piperazine rings is 1. The fourth-order valence-corrected chi connectivity index (χ4v) is 3.98. The molecule has 1 aromatic rings. The van der Waals surface area contributed by atoms with Gasteiger partial charge in [-0.15, -0.1) is 0 Å². The van der Waals surface area contributed by atoms with Crippen molar-refractivity contribution in [2.75, 3.05) is 57.3 Å². The van der Waals surface area contributed by atoms with E-state index in [1.807, 2.05) is 6.20 Å². The molecule has 0 N–H and O–H groups in total. The van der Waals surface area contributed by atoms with Gasteiger partial charge in [0.25, 0.3) is 0 Å². The van der Waals surface area contributed by atoms with Gasteiger partial charge in [-0.25, -0.2) is 9.97 Å². The van der Waals surface area contributed by atoms with Crippen LogP contribution in [-0.2, 0) is 11.3 Å². The van der Waals surface area contributed by atoms with Gasteiger partial charge in [0.05, 0.1) is 11.8 Å². The summed E-state index contributed by atoms with van der Waals surface area (Å²) >= 11 is 0. The van der Waals surface area contributed by atoms with Crippen LogP contribution in [0.4, 0.5) is 5.95 Å². The maximum absolute atomic E-state index is 5.76. The molecule has 24 heavy (non-hydrogen) atoms. The largest absolute Gasteiger partial charge is 0.377 e. The standard InChI is InChI=1S/C18H29N5O/c1-2-8-23(7-1)18-19-6-5-16(20-18)14-21-9-11-22(12-10-21)15-17-4-3-13-24-17/h5-6,17H,1-4,7-15H2. The first kappa shape index (κ1) is 16.2. The zero-order valence-electron chi connectivity index (χ0n) is 14.6. The summed E-state index contributed by atoms with van der Waals surface area (Å²) < 4.78 is 5.76. The number of anilines is 1. The molecule has 132 valence electrons. The number of aromatic nitrogens is 2. The molecule has 0 bridgehead atoms. The maximum Gasteiger partial charge on any atom is 0.225 e. The van der Waals surface area contributed by atoms with E-state index in [1.165, 1.54) is 25.7 Å². The number of ether oxygens (including phenoxy) is 1. The Kier molecular flexibility index (Phi) is 5.25. The highest BCUT2D eigenvalue weighted by Crippen LogP contribution is 2.17. The van der Waals surface area contributed by atoms with E-state index in [1.54, 1.807) is 0 Å². The molecule has 4 rings (SSSR count). The Morgan fingerprint density at radius 2 is 1.79 bits per heavy atom. The van der Waals surface area contributed by atoms with E-state index in [-0.39, 0.29) is 0 Å². The van der Waals surface area contributed by atoms with Gasteiger partial charge in [0.2, 0.25) is 5.95 Å². The molecule has 0 radical (unpaired) electrons. The normalized spacial score (nSPS) is 26.3. The molecule has 0 amide bonds. The van der Waals surface area contributed by atoms with Gasteiger partial charge in [-0.05, 0) is 31.7 Å². The summed E-state index contributed by atoms with van der Waals surface area (Å²) in [6.07, 6.45) is 7.39. The van der Waals surface area contributed by atoms with Gasteiger partial charge in [0, 0.05) is 65.2 Å². The molecule has 1 atom stereocenters. The summed E-state index contributed by atoms with van der Waals surface area (Å²) in [5.74, 6) is 0.919. The van der Waals surface area contributed by atoms with Crippen molar-refractivity contribution in [3.8, 4) is 0 Å². The second-order valence-corrected chi connectivity index (χ2v) is 7.25. The Balaban J connectivity index is 1.26. The van der Waals surface area contributed by atoms with Crippen LogP contribution in [0.25, 0.3) is 0 Å². The molecule has 1 unspecified atom stereocenters. The Labute approximate surface area is 144 Å². The minimum Gasteiger partial charge on any atom is -0.377 e. The third-order valence-electron chi connectivity index (χ3n) is 5.43. The van der Waals surface area contributed by atoms with Gasteiger partial charge < -0.3 is 9.64 Å². The quantitative estimate of drug-likeness (QED) is 0.812. The summed E-state index contributed by atoms with van der Waals surface area (Å²) in [4.78, 5) is 16.6. The van der Waals surface area contributed by atoms with Gasteiger partial charge >= 0.3 is 0 Å². The Hall–Kier alpha value is -1.24. The Morgan fingerprint density at radius 1 is 1.00 bits per heavy atom. The van der Waals surface area contributed by atoms with Crippen LogP contribution in [0.15, 0.2) is 12.3 Å². The minimum atomic E-state index is 0.474. The van der Waals surface area contributed by atoms with Crippen LogP contribution in [-0.4, -0.2) is 78.3 Å². The highest BCUT2D eigenvalue weighted by atomic mass is 16.5. The molecule has 3 saturated heterocycles. The smallest absolute Gasteiger partial charge is 0.225 e. The predicted molar refractivity (Wildman–Crippen MR) is 94.2 cm³/mol. The highest BCUT2D eigenvalue weighted by molar-refractivity contribution is 5.31. The van der Waals surface area contributed by atoms with Crippen LogP contribution in [0.5, 0.6) is 0 Å². The SMILES string of the molecule is c1cc(CN2CCN(CC3CCCO3)CC2)nc(N2CCCC2)n1. The minimum absolute atomic E-state index is 0.474. The molecule has 0 spiro atoms. The van der Waals surface area contributed by atoms with Gasteiger partial charge in [0.15, 0.2) is 0 Å². The highest BCUT2D eigenvalue weighted by Gasteiger charge is 2.23. The molecule has 3 aliphatic rings. The fourth-order valence-electron chi connectivity index (χ4n) is 3.98. The average Bonchev–Trinajstić information content (AvgIpc) is 3.30. The zero-order valence-corrected chi connectivity index (χ0v) is 14.6. The Bertz CT molecular complexity index is 520. The van der Waals surface area contributed by atoms with Crippen molar-refractivity contribution >= 4 is 5.95 Å². The van der Waals surface area contributed by atoms with Crippen LogP contribution in [0.1, 0.15) is 31.4 Å². The van der Waals surface area contributed by atoms with E-state index >= 15 is 0 Å². The van der Waals surface area contributed by atoms with E-state index in [4.69, 9.17) is 9.72 Å². The van der Waals surface area contributed by atoms with Crippen molar-refractivity contribution in [3.63, 3.8) is 0 Å². The first-order valence-electron chi connectivity index (χ1n) is 9.50. The van der Waals surface area contributed by atoms with Crippen LogP contribution < -0.4 is 4.90 Å². The van der Waals surface area contributed by atoms with E-state index in [2.05, 4.69) is 25.8 Å². The first-order valence-corrected chi connectivity index (χ1v) is 9.50. The van der Waals surface area contributed by atoms with Gasteiger partial charge in [-0.3, -0.25) is 9.80 Å². The summed E-state index contributed by atoms with van der Waals surface area (Å²) in [7, 11) is 0. The van der Waals surface area contributed by atoms with Crippen molar-refractivity contribution < 1.29 is 4.74 Å². The van der Waals surface area contributed by atoms with Crippen molar-refractivity contribution in [2.45, 2.75) is 38.3 Å². The van der Waals surface area contributed by atoms with Gasteiger partial charge in [-0.2, -0.15) is 0 Å². The maximum atomic E-state index is 5.76. The predicted octanol–water partition coefficient (Wildman–Crippen LogP) is 1.37. The first-order chi connectivity index (χ1) is 11.9. The molecule has 6 nitrogen and oxygen atoms in total. The molecular weight excluding hydrogens is 302 g/mol. The molecule has 4 heterocycles. The summed E-state index contributed by atoms with van der Waals surface area (Å²) in [6.45, 7) is 9.74.